The lowest BCUT2D eigenvalue weighted by Gasteiger charge is -2.17. The van der Waals surface area contributed by atoms with E-state index < -0.39 is 0 Å². The van der Waals surface area contributed by atoms with Crippen LogP contribution in [0.15, 0.2) is 24.3 Å². The van der Waals surface area contributed by atoms with Gasteiger partial charge >= 0.3 is 0 Å². The van der Waals surface area contributed by atoms with Crippen LogP contribution in [0, 0.1) is 5.92 Å². The van der Waals surface area contributed by atoms with Crippen molar-refractivity contribution in [1.82, 2.24) is 0 Å². The third-order valence-electron chi connectivity index (χ3n) is 3.07. The van der Waals surface area contributed by atoms with Gasteiger partial charge < -0.3 is 0 Å². The fraction of sp³-hybridized carbons (Fsp3) is 0.571. The topological polar surface area (TPSA) is 0 Å². The van der Waals surface area contributed by atoms with E-state index in [1.54, 1.807) is 0 Å². The molecule has 0 aromatic heterocycles. The highest BCUT2D eigenvalue weighted by atomic mass is 79.9. The molecular weight excluding hydrogens is 248 g/mol. The van der Waals surface area contributed by atoms with Gasteiger partial charge in [-0.1, -0.05) is 74.3 Å². The first-order chi connectivity index (χ1) is 7.06. The third kappa shape index (κ3) is 3.34. The minimum Gasteiger partial charge on any atom is -0.0836 e. The summed E-state index contributed by atoms with van der Waals surface area (Å²) in [6, 6.07) is 9.00. The van der Waals surface area contributed by atoms with Crippen LogP contribution in [0.2, 0.25) is 0 Å². The van der Waals surface area contributed by atoms with Gasteiger partial charge in [-0.25, -0.2) is 0 Å². The lowest BCUT2D eigenvalue weighted by molar-refractivity contribution is 0.555. The Hall–Kier alpha value is -0.300. The minimum atomic E-state index is 0.490. The fourth-order valence-corrected chi connectivity index (χ4v) is 2.28. The predicted octanol–water partition coefficient (Wildman–Crippen LogP) is 5.29. The van der Waals surface area contributed by atoms with Crippen molar-refractivity contribution in [3.8, 4) is 0 Å². The summed E-state index contributed by atoms with van der Waals surface area (Å²) in [6.45, 7) is 8.99. The van der Waals surface area contributed by atoms with Gasteiger partial charge in [-0.15, -0.1) is 0 Å². The summed E-state index contributed by atoms with van der Waals surface area (Å²) in [5.74, 6) is 1.31. The van der Waals surface area contributed by atoms with E-state index in [0.717, 1.165) is 0 Å². The fourth-order valence-electron chi connectivity index (χ4n) is 1.60. The highest BCUT2D eigenvalue weighted by Crippen LogP contribution is 2.33. The molecule has 1 aromatic rings. The number of alkyl halides is 1. The molecule has 0 spiro atoms. The first kappa shape index (κ1) is 12.8. The molecule has 0 saturated carbocycles. The van der Waals surface area contributed by atoms with Gasteiger partial charge in [-0.3, -0.25) is 0 Å². The van der Waals surface area contributed by atoms with Gasteiger partial charge in [0.2, 0.25) is 0 Å². The van der Waals surface area contributed by atoms with Gasteiger partial charge in [0.05, 0.1) is 0 Å². The van der Waals surface area contributed by atoms with Gasteiger partial charge in [0.15, 0.2) is 0 Å². The van der Waals surface area contributed by atoms with Gasteiger partial charge in [0, 0.05) is 4.83 Å². The van der Waals surface area contributed by atoms with Crippen molar-refractivity contribution in [2.24, 2.45) is 5.92 Å². The highest BCUT2D eigenvalue weighted by Gasteiger charge is 2.14. The monoisotopic (exact) mass is 268 g/mol. The summed E-state index contributed by atoms with van der Waals surface area (Å²) in [5, 5.41) is 0. The van der Waals surface area contributed by atoms with Crippen molar-refractivity contribution in [1.29, 1.82) is 0 Å². The summed E-state index contributed by atoms with van der Waals surface area (Å²) in [4.78, 5) is 0.490. The van der Waals surface area contributed by atoms with Crippen LogP contribution >= 0.6 is 15.9 Å². The maximum atomic E-state index is 3.77. The van der Waals surface area contributed by atoms with Crippen LogP contribution in [0.25, 0.3) is 0 Å². The summed E-state index contributed by atoms with van der Waals surface area (Å²) >= 11 is 3.77. The number of rotatable bonds is 4. The van der Waals surface area contributed by atoms with E-state index in [1.165, 1.54) is 17.5 Å². The molecule has 2 atom stereocenters. The van der Waals surface area contributed by atoms with E-state index in [9.17, 15) is 0 Å². The van der Waals surface area contributed by atoms with Crippen LogP contribution in [0.4, 0.5) is 0 Å². The molecule has 0 aliphatic carbocycles. The largest absolute Gasteiger partial charge is 0.0836 e. The van der Waals surface area contributed by atoms with Gasteiger partial charge in [-0.05, 0) is 23.0 Å². The van der Waals surface area contributed by atoms with Gasteiger partial charge in [-0.2, -0.15) is 0 Å². The van der Waals surface area contributed by atoms with Crippen molar-refractivity contribution in [3.05, 3.63) is 35.4 Å². The molecule has 1 rings (SSSR count). The molecule has 0 radical (unpaired) electrons. The standard InChI is InChI=1S/C14H21Br/c1-5-11(4)14(15)13-8-6-12(7-9-13)10(2)3/h6-11,14H,5H2,1-4H3. The predicted molar refractivity (Wildman–Crippen MR) is 71.7 cm³/mol. The van der Waals surface area contributed by atoms with Crippen molar-refractivity contribution < 1.29 is 0 Å². The zero-order chi connectivity index (χ0) is 11.4. The molecule has 0 saturated heterocycles. The Morgan fingerprint density at radius 3 is 1.87 bits per heavy atom. The quantitative estimate of drug-likeness (QED) is 0.651. The molecule has 0 aliphatic heterocycles. The number of hydrogen-bond donors (Lipinski definition) is 0. The molecule has 84 valence electrons. The molecule has 0 nitrogen and oxygen atoms in total. The Morgan fingerprint density at radius 2 is 1.47 bits per heavy atom. The molecule has 1 heteroatoms. The first-order valence-electron chi connectivity index (χ1n) is 5.80. The van der Waals surface area contributed by atoms with E-state index in [0.29, 0.717) is 16.7 Å². The number of halogens is 1. The van der Waals surface area contributed by atoms with E-state index in [2.05, 4.69) is 67.9 Å². The summed E-state index contributed by atoms with van der Waals surface area (Å²) < 4.78 is 0. The van der Waals surface area contributed by atoms with Crippen LogP contribution in [-0.2, 0) is 0 Å². The molecule has 0 amide bonds. The van der Waals surface area contributed by atoms with E-state index in [4.69, 9.17) is 0 Å². The van der Waals surface area contributed by atoms with Crippen molar-refractivity contribution in [3.63, 3.8) is 0 Å². The molecule has 1 aromatic carbocycles. The van der Waals surface area contributed by atoms with E-state index in [1.807, 2.05) is 0 Å². The Labute approximate surface area is 102 Å². The van der Waals surface area contributed by atoms with Crippen molar-refractivity contribution in [2.75, 3.05) is 0 Å². The Kier molecular flexibility index (Phi) is 4.85. The smallest absolute Gasteiger partial charge is 0.0420 e. The molecule has 0 N–H and O–H groups in total. The van der Waals surface area contributed by atoms with Crippen LogP contribution in [0.5, 0.6) is 0 Å². The molecule has 0 fully saturated rings. The number of benzene rings is 1. The second-order valence-electron chi connectivity index (χ2n) is 4.61. The minimum absolute atomic E-state index is 0.490. The first-order valence-corrected chi connectivity index (χ1v) is 6.71. The molecule has 2 unspecified atom stereocenters. The van der Waals surface area contributed by atoms with Gasteiger partial charge in [0.25, 0.3) is 0 Å². The van der Waals surface area contributed by atoms with Crippen molar-refractivity contribution in [2.45, 2.75) is 44.9 Å². The molecular formula is C14H21Br. The van der Waals surface area contributed by atoms with E-state index >= 15 is 0 Å². The third-order valence-corrected chi connectivity index (χ3v) is 4.50. The van der Waals surface area contributed by atoms with Crippen LogP contribution in [-0.4, -0.2) is 0 Å². The maximum absolute atomic E-state index is 3.77. The summed E-state index contributed by atoms with van der Waals surface area (Å²) in [5.41, 5.74) is 2.82. The second kappa shape index (κ2) is 5.69. The average molecular weight is 269 g/mol. The van der Waals surface area contributed by atoms with Crippen LogP contribution < -0.4 is 0 Å². The normalized spacial score (nSPS) is 15.3. The molecule has 0 bridgehead atoms. The molecule has 0 aliphatic rings. The average Bonchev–Trinajstić information content (AvgIpc) is 2.27. The molecule has 0 heterocycles. The Bertz CT molecular complexity index is 287. The lowest BCUT2D eigenvalue weighted by atomic mass is 9.96. The summed E-state index contributed by atoms with van der Waals surface area (Å²) in [6.07, 6.45) is 1.21. The zero-order valence-electron chi connectivity index (χ0n) is 10.1. The Balaban J connectivity index is 2.79. The van der Waals surface area contributed by atoms with Crippen molar-refractivity contribution >= 4 is 15.9 Å². The van der Waals surface area contributed by atoms with Crippen LogP contribution in [0.3, 0.4) is 0 Å². The van der Waals surface area contributed by atoms with Gasteiger partial charge in [0.1, 0.15) is 0 Å². The lowest BCUT2D eigenvalue weighted by Crippen LogP contribution is -2.02. The van der Waals surface area contributed by atoms with Crippen LogP contribution in [0.1, 0.15) is 56.0 Å². The summed E-state index contributed by atoms with van der Waals surface area (Å²) in [7, 11) is 0. The molecule has 15 heavy (non-hydrogen) atoms. The SMILES string of the molecule is CCC(C)C(Br)c1ccc(C(C)C)cc1. The van der Waals surface area contributed by atoms with E-state index in [-0.39, 0.29) is 0 Å². The zero-order valence-corrected chi connectivity index (χ0v) is 11.7. The number of hydrogen-bond acceptors (Lipinski definition) is 0. The highest BCUT2D eigenvalue weighted by molar-refractivity contribution is 9.09. The maximum Gasteiger partial charge on any atom is 0.0420 e. The Morgan fingerprint density at radius 1 is 1.00 bits per heavy atom. The second-order valence-corrected chi connectivity index (χ2v) is 5.60.